The largest absolute Gasteiger partial charge is 0.298 e. The van der Waals surface area contributed by atoms with Crippen LogP contribution in [0.2, 0.25) is 20.1 Å². The van der Waals surface area contributed by atoms with Crippen molar-refractivity contribution < 1.29 is 4.79 Å². The number of carbonyl (C=O) groups excluding carboxylic acids is 1. The molecule has 0 aromatic heterocycles. The zero-order valence-electron chi connectivity index (χ0n) is 8.88. The number of rotatable bonds is 2. The summed E-state index contributed by atoms with van der Waals surface area (Å²) in [6.07, 6.45) is 0.724. The van der Waals surface area contributed by atoms with Crippen LogP contribution in [0.3, 0.4) is 0 Å². The molecular weight excluding hydrogens is 314 g/mol. The van der Waals surface area contributed by atoms with E-state index < -0.39 is 0 Å². The van der Waals surface area contributed by atoms with Crippen LogP contribution in [0.15, 0.2) is 30.3 Å². The molecule has 0 amide bonds. The van der Waals surface area contributed by atoms with Gasteiger partial charge in [-0.1, -0.05) is 58.5 Å². The summed E-state index contributed by atoms with van der Waals surface area (Å²) >= 11 is 24.1. The van der Waals surface area contributed by atoms with Gasteiger partial charge >= 0.3 is 0 Å². The van der Waals surface area contributed by atoms with Crippen LogP contribution in [0, 0.1) is 0 Å². The molecule has 0 spiro atoms. The summed E-state index contributed by atoms with van der Waals surface area (Å²) in [5.41, 5.74) is 1.81. The molecule has 0 bridgehead atoms. The average molecular weight is 320 g/mol. The summed E-state index contributed by atoms with van der Waals surface area (Å²) in [5.74, 6) is 0. The van der Waals surface area contributed by atoms with Gasteiger partial charge in [0.25, 0.3) is 0 Å². The van der Waals surface area contributed by atoms with E-state index in [-0.39, 0.29) is 0 Å². The number of hydrogen-bond donors (Lipinski definition) is 0. The summed E-state index contributed by atoms with van der Waals surface area (Å²) in [4.78, 5) is 10.7. The molecule has 0 aliphatic heterocycles. The van der Waals surface area contributed by atoms with Gasteiger partial charge in [-0.25, -0.2) is 0 Å². The van der Waals surface area contributed by atoms with Gasteiger partial charge in [0, 0.05) is 26.7 Å². The Bertz CT molecular complexity index is 623. The van der Waals surface area contributed by atoms with Crippen molar-refractivity contribution in [1.29, 1.82) is 0 Å². The lowest BCUT2D eigenvalue weighted by molar-refractivity contribution is 0.112. The van der Waals surface area contributed by atoms with Crippen LogP contribution in [0.1, 0.15) is 10.4 Å². The van der Waals surface area contributed by atoms with Gasteiger partial charge in [0.15, 0.2) is 0 Å². The van der Waals surface area contributed by atoms with E-state index in [9.17, 15) is 4.79 Å². The molecule has 5 heteroatoms. The normalized spacial score (nSPS) is 10.4. The number of hydrogen-bond acceptors (Lipinski definition) is 1. The van der Waals surface area contributed by atoms with Gasteiger partial charge in [-0.2, -0.15) is 0 Å². The van der Waals surface area contributed by atoms with Crippen molar-refractivity contribution in [3.05, 3.63) is 56.0 Å². The van der Waals surface area contributed by atoms with Gasteiger partial charge < -0.3 is 0 Å². The molecule has 0 atom stereocenters. The third-order valence-electron chi connectivity index (χ3n) is 2.41. The molecule has 0 heterocycles. The summed E-state index contributed by atoms with van der Waals surface area (Å²) < 4.78 is 0. The molecule has 0 saturated carbocycles. The Hall–Kier alpha value is -0.730. The number of benzene rings is 2. The van der Waals surface area contributed by atoms with Crippen LogP contribution >= 0.6 is 46.4 Å². The maximum absolute atomic E-state index is 10.7. The van der Waals surface area contributed by atoms with Crippen molar-refractivity contribution >= 4 is 52.7 Å². The third kappa shape index (κ3) is 2.65. The highest BCUT2D eigenvalue weighted by Crippen LogP contribution is 2.39. The van der Waals surface area contributed by atoms with Gasteiger partial charge in [0.2, 0.25) is 0 Å². The lowest BCUT2D eigenvalue weighted by Crippen LogP contribution is -1.86. The first kappa shape index (κ1) is 13.7. The highest BCUT2D eigenvalue weighted by atomic mass is 35.5. The molecule has 0 radical (unpaired) electrons. The Morgan fingerprint density at radius 2 is 1.56 bits per heavy atom. The molecule has 0 fully saturated rings. The lowest BCUT2D eigenvalue weighted by atomic mass is 10.0. The molecule has 92 valence electrons. The Kier molecular flexibility index (Phi) is 4.18. The van der Waals surface area contributed by atoms with Gasteiger partial charge in [-0.15, -0.1) is 0 Å². The fourth-order valence-corrected chi connectivity index (χ4v) is 2.57. The first-order valence-electron chi connectivity index (χ1n) is 4.92. The van der Waals surface area contributed by atoms with Crippen LogP contribution in [-0.4, -0.2) is 6.29 Å². The monoisotopic (exact) mass is 318 g/mol. The Morgan fingerprint density at radius 1 is 0.833 bits per heavy atom. The van der Waals surface area contributed by atoms with Gasteiger partial charge in [0.1, 0.15) is 6.29 Å². The minimum Gasteiger partial charge on any atom is -0.298 e. The second-order valence-electron chi connectivity index (χ2n) is 3.61. The van der Waals surface area contributed by atoms with Crippen LogP contribution in [0.5, 0.6) is 0 Å². The maximum atomic E-state index is 10.7. The van der Waals surface area contributed by atoms with E-state index in [1.165, 1.54) is 0 Å². The zero-order chi connectivity index (χ0) is 13.3. The maximum Gasteiger partial charge on any atom is 0.150 e. The van der Waals surface area contributed by atoms with Crippen molar-refractivity contribution in [2.45, 2.75) is 0 Å². The Balaban J connectivity index is 2.65. The molecule has 0 aliphatic rings. The van der Waals surface area contributed by atoms with E-state index in [1.54, 1.807) is 30.3 Å². The molecule has 2 aromatic carbocycles. The molecule has 2 aromatic rings. The van der Waals surface area contributed by atoms with E-state index in [1.807, 2.05) is 0 Å². The molecular formula is C13H6Cl4O. The van der Waals surface area contributed by atoms with E-state index in [0.29, 0.717) is 36.8 Å². The SMILES string of the molecule is O=Cc1ccc(-c2cc(Cl)cc(Cl)c2Cl)c(Cl)c1. The minimum atomic E-state index is 0.356. The van der Waals surface area contributed by atoms with E-state index >= 15 is 0 Å². The summed E-state index contributed by atoms with van der Waals surface area (Å²) in [5, 5.41) is 1.62. The van der Waals surface area contributed by atoms with Crippen LogP contribution in [0.25, 0.3) is 11.1 Å². The fourth-order valence-electron chi connectivity index (χ4n) is 1.58. The highest BCUT2D eigenvalue weighted by molar-refractivity contribution is 6.45. The van der Waals surface area contributed by atoms with Crippen molar-refractivity contribution in [3.8, 4) is 11.1 Å². The standard InChI is InChI=1S/C13H6Cl4O/c14-8-4-10(13(17)12(16)5-8)9-2-1-7(6-18)3-11(9)15/h1-6H. The number of carbonyl (C=O) groups is 1. The smallest absolute Gasteiger partial charge is 0.150 e. The first-order valence-corrected chi connectivity index (χ1v) is 6.43. The van der Waals surface area contributed by atoms with Crippen molar-refractivity contribution in [3.63, 3.8) is 0 Å². The van der Waals surface area contributed by atoms with E-state index in [4.69, 9.17) is 46.4 Å². The summed E-state index contributed by atoms with van der Waals surface area (Å²) in [7, 11) is 0. The van der Waals surface area contributed by atoms with Crippen LogP contribution < -0.4 is 0 Å². The number of aldehydes is 1. The predicted molar refractivity (Wildman–Crippen MR) is 77.3 cm³/mol. The Morgan fingerprint density at radius 3 is 2.17 bits per heavy atom. The number of halogens is 4. The average Bonchev–Trinajstić information content (AvgIpc) is 2.34. The molecule has 2 rings (SSSR count). The second kappa shape index (κ2) is 5.50. The van der Waals surface area contributed by atoms with Crippen molar-refractivity contribution in [2.75, 3.05) is 0 Å². The summed E-state index contributed by atoms with van der Waals surface area (Å²) in [6, 6.07) is 8.16. The highest BCUT2D eigenvalue weighted by Gasteiger charge is 2.12. The summed E-state index contributed by atoms with van der Waals surface area (Å²) in [6.45, 7) is 0. The molecule has 0 aliphatic carbocycles. The zero-order valence-corrected chi connectivity index (χ0v) is 11.9. The Labute approximate surface area is 124 Å². The van der Waals surface area contributed by atoms with E-state index in [0.717, 1.165) is 6.29 Å². The molecule has 0 saturated heterocycles. The lowest BCUT2D eigenvalue weighted by Gasteiger charge is -2.09. The predicted octanol–water partition coefficient (Wildman–Crippen LogP) is 5.78. The van der Waals surface area contributed by atoms with Crippen molar-refractivity contribution in [2.24, 2.45) is 0 Å². The molecule has 0 N–H and O–H groups in total. The van der Waals surface area contributed by atoms with Crippen molar-refractivity contribution in [1.82, 2.24) is 0 Å². The van der Waals surface area contributed by atoms with Gasteiger partial charge in [-0.3, -0.25) is 4.79 Å². The third-order valence-corrected chi connectivity index (χ3v) is 3.75. The minimum absolute atomic E-state index is 0.356. The quantitative estimate of drug-likeness (QED) is 0.506. The first-order chi connectivity index (χ1) is 8.52. The second-order valence-corrected chi connectivity index (χ2v) is 5.24. The molecule has 18 heavy (non-hydrogen) atoms. The van der Waals surface area contributed by atoms with E-state index in [2.05, 4.69) is 0 Å². The fraction of sp³-hybridized carbons (Fsp3) is 0. The van der Waals surface area contributed by atoms with Gasteiger partial charge in [0.05, 0.1) is 10.0 Å². The molecule has 0 unspecified atom stereocenters. The van der Waals surface area contributed by atoms with Crippen LogP contribution in [-0.2, 0) is 0 Å². The molecule has 1 nitrogen and oxygen atoms in total. The topological polar surface area (TPSA) is 17.1 Å². The van der Waals surface area contributed by atoms with Crippen LogP contribution in [0.4, 0.5) is 0 Å². The van der Waals surface area contributed by atoms with Gasteiger partial charge in [-0.05, 0) is 18.2 Å².